The van der Waals surface area contributed by atoms with E-state index in [2.05, 4.69) is 15.2 Å². The number of nitrogens with zero attached hydrogens (tertiary/aromatic N) is 3. The van der Waals surface area contributed by atoms with E-state index in [1.54, 1.807) is 12.3 Å². The lowest BCUT2D eigenvalue weighted by Crippen LogP contribution is -2.50. The van der Waals surface area contributed by atoms with E-state index >= 15 is 0 Å². The predicted molar refractivity (Wildman–Crippen MR) is 111 cm³/mol. The van der Waals surface area contributed by atoms with Crippen LogP contribution >= 0.6 is 23.2 Å². The summed E-state index contributed by atoms with van der Waals surface area (Å²) in [6.07, 6.45) is 1.72. The second kappa shape index (κ2) is 9.09. The average molecular weight is 443 g/mol. The minimum Gasteiger partial charge on any atom is -0.354 e. The molecule has 1 saturated heterocycles. The highest BCUT2D eigenvalue weighted by Gasteiger charge is 2.27. The number of halogens is 2. The van der Waals surface area contributed by atoms with Gasteiger partial charge < -0.3 is 10.2 Å². The van der Waals surface area contributed by atoms with Gasteiger partial charge in [-0.25, -0.2) is 13.4 Å². The summed E-state index contributed by atoms with van der Waals surface area (Å²) in [5, 5.41) is 3.24. The van der Waals surface area contributed by atoms with Crippen molar-refractivity contribution >= 4 is 45.0 Å². The lowest BCUT2D eigenvalue weighted by atomic mass is 10.2. The number of benzene rings is 1. The van der Waals surface area contributed by atoms with Gasteiger partial charge in [-0.3, -0.25) is 4.79 Å². The van der Waals surface area contributed by atoms with Gasteiger partial charge in [-0.05, 0) is 30.3 Å². The third kappa shape index (κ3) is 5.14. The zero-order chi connectivity index (χ0) is 20.1. The summed E-state index contributed by atoms with van der Waals surface area (Å²) in [6.45, 7) is 1.91. The Morgan fingerprint density at radius 1 is 1.11 bits per heavy atom. The van der Waals surface area contributed by atoms with E-state index in [4.69, 9.17) is 23.2 Å². The molecule has 0 saturated carbocycles. The first-order valence-electron chi connectivity index (χ1n) is 8.74. The number of amides is 1. The molecule has 28 heavy (non-hydrogen) atoms. The number of hydrogen-bond acceptors (Lipinski definition) is 5. The van der Waals surface area contributed by atoms with Crippen LogP contribution in [-0.2, 0) is 10.0 Å². The highest BCUT2D eigenvalue weighted by molar-refractivity contribution is 7.89. The molecule has 0 bridgehead atoms. The van der Waals surface area contributed by atoms with Crippen molar-refractivity contribution in [1.82, 2.24) is 14.6 Å². The SMILES string of the molecule is O=C(NCCS(=O)(=O)N1CCN(c2ccccn2)CC1)c1ccc(Cl)cc1Cl. The Kier molecular flexibility index (Phi) is 6.77. The Morgan fingerprint density at radius 2 is 1.86 bits per heavy atom. The van der Waals surface area contributed by atoms with Crippen LogP contribution in [0.2, 0.25) is 10.0 Å². The second-order valence-corrected chi connectivity index (χ2v) is 9.20. The zero-order valence-electron chi connectivity index (χ0n) is 15.0. The summed E-state index contributed by atoms with van der Waals surface area (Å²) in [7, 11) is -3.47. The molecule has 1 aromatic heterocycles. The lowest BCUT2D eigenvalue weighted by Gasteiger charge is -2.34. The van der Waals surface area contributed by atoms with Crippen molar-refractivity contribution in [1.29, 1.82) is 0 Å². The summed E-state index contributed by atoms with van der Waals surface area (Å²) in [6, 6.07) is 10.2. The lowest BCUT2D eigenvalue weighted by molar-refractivity contribution is 0.0956. The van der Waals surface area contributed by atoms with Gasteiger partial charge in [0.05, 0.1) is 16.3 Å². The average Bonchev–Trinajstić information content (AvgIpc) is 2.68. The number of carbonyl (C=O) groups excluding carboxylic acids is 1. The standard InChI is InChI=1S/C18H20Cl2N4O3S/c19-14-4-5-15(16(20)13-14)18(25)22-7-12-28(26,27)24-10-8-23(9-11-24)17-3-1-2-6-21-17/h1-6,13H,7-12H2,(H,22,25). The molecule has 150 valence electrons. The van der Waals surface area contributed by atoms with Crippen LogP contribution in [0.3, 0.4) is 0 Å². The van der Waals surface area contributed by atoms with E-state index in [9.17, 15) is 13.2 Å². The van der Waals surface area contributed by atoms with E-state index in [1.165, 1.54) is 16.4 Å². The molecule has 2 aromatic rings. The number of anilines is 1. The van der Waals surface area contributed by atoms with Crippen LogP contribution in [0.15, 0.2) is 42.6 Å². The molecule has 0 unspecified atom stereocenters. The van der Waals surface area contributed by atoms with E-state index < -0.39 is 15.9 Å². The highest BCUT2D eigenvalue weighted by Crippen LogP contribution is 2.21. The molecule has 0 aliphatic carbocycles. The number of hydrogen-bond donors (Lipinski definition) is 1. The molecule has 1 aliphatic heterocycles. The maximum Gasteiger partial charge on any atom is 0.252 e. The molecule has 0 spiro atoms. The van der Waals surface area contributed by atoms with Crippen molar-refractivity contribution in [2.24, 2.45) is 0 Å². The zero-order valence-corrected chi connectivity index (χ0v) is 17.3. The number of aromatic nitrogens is 1. The van der Waals surface area contributed by atoms with Crippen molar-refractivity contribution in [3.05, 3.63) is 58.2 Å². The Hall–Kier alpha value is -1.87. The molecular weight excluding hydrogens is 423 g/mol. The molecule has 1 aromatic carbocycles. The maximum absolute atomic E-state index is 12.6. The minimum absolute atomic E-state index is 0.000573. The van der Waals surface area contributed by atoms with E-state index in [-0.39, 0.29) is 22.9 Å². The van der Waals surface area contributed by atoms with E-state index in [0.717, 1.165) is 5.82 Å². The third-order valence-corrected chi connectivity index (χ3v) is 6.85. The number of sulfonamides is 1. The Labute approximate surface area is 174 Å². The molecule has 2 heterocycles. The van der Waals surface area contributed by atoms with E-state index in [0.29, 0.717) is 31.2 Å². The number of carbonyl (C=O) groups is 1. The summed E-state index contributed by atoms with van der Waals surface area (Å²) in [4.78, 5) is 18.5. The number of piperazine rings is 1. The molecule has 3 rings (SSSR count). The van der Waals surface area contributed by atoms with Crippen molar-refractivity contribution in [3.63, 3.8) is 0 Å². The normalized spacial score (nSPS) is 15.4. The molecule has 10 heteroatoms. The van der Waals surface area contributed by atoms with Gasteiger partial charge in [-0.1, -0.05) is 29.3 Å². The van der Waals surface area contributed by atoms with Crippen LogP contribution in [0.1, 0.15) is 10.4 Å². The summed E-state index contributed by atoms with van der Waals surface area (Å²) in [5.41, 5.74) is 0.257. The Bertz CT molecular complexity index is 933. The van der Waals surface area contributed by atoms with Gasteiger partial charge in [0.25, 0.3) is 5.91 Å². The quantitative estimate of drug-likeness (QED) is 0.741. The molecule has 1 fully saturated rings. The van der Waals surface area contributed by atoms with Gasteiger partial charge in [0.15, 0.2) is 0 Å². The number of pyridine rings is 1. The van der Waals surface area contributed by atoms with Gasteiger partial charge in [-0.15, -0.1) is 0 Å². The predicted octanol–water partition coefficient (Wildman–Crippen LogP) is 2.27. The van der Waals surface area contributed by atoms with Gasteiger partial charge in [-0.2, -0.15) is 4.31 Å². The van der Waals surface area contributed by atoms with Gasteiger partial charge in [0, 0.05) is 43.9 Å². The van der Waals surface area contributed by atoms with E-state index in [1.807, 2.05) is 18.2 Å². The maximum atomic E-state index is 12.6. The fraction of sp³-hybridized carbons (Fsp3) is 0.333. The van der Waals surface area contributed by atoms with Crippen LogP contribution in [0.25, 0.3) is 0 Å². The highest BCUT2D eigenvalue weighted by atomic mass is 35.5. The van der Waals surface area contributed by atoms with Crippen LogP contribution in [0.5, 0.6) is 0 Å². The molecular formula is C18H20Cl2N4O3S. The first-order chi connectivity index (χ1) is 13.4. The molecule has 1 amide bonds. The van der Waals surface area contributed by atoms with Gasteiger partial charge in [0.1, 0.15) is 5.82 Å². The first kappa shape index (κ1) is 20.9. The minimum atomic E-state index is -3.47. The molecule has 0 atom stereocenters. The number of rotatable bonds is 6. The first-order valence-corrected chi connectivity index (χ1v) is 11.1. The van der Waals surface area contributed by atoms with Crippen LogP contribution in [-0.4, -0.2) is 62.1 Å². The number of nitrogens with one attached hydrogen (secondary N) is 1. The van der Waals surface area contributed by atoms with Crippen LogP contribution in [0, 0.1) is 0 Å². The molecule has 7 nitrogen and oxygen atoms in total. The fourth-order valence-corrected chi connectivity index (χ4v) is 4.76. The van der Waals surface area contributed by atoms with Crippen LogP contribution < -0.4 is 10.2 Å². The largest absolute Gasteiger partial charge is 0.354 e. The van der Waals surface area contributed by atoms with Gasteiger partial charge in [0.2, 0.25) is 10.0 Å². The summed E-state index contributed by atoms with van der Waals surface area (Å²) < 4.78 is 26.6. The molecule has 1 N–H and O–H groups in total. The van der Waals surface area contributed by atoms with Crippen molar-refractivity contribution in [3.8, 4) is 0 Å². The van der Waals surface area contributed by atoms with Crippen molar-refractivity contribution in [2.45, 2.75) is 0 Å². The second-order valence-electron chi connectivity index (χ2n) is 6.27. The summed E-state index contributed by atoms with van der Waals surface area (Å²) >= 11 is 11.8. The third-order valence-electron chi connectivity index (χ3n) is 4.43. The Balaban J connectivity index is 1.50. The topological polar surface area (TPSA) is 82.6 Å². The molecule has 1 aliphatic rings. The van der Waals surface area contributed by atoms with Crippen LogP contribution in [0.4, 0.5) is 5.82 Å². The van der Waals surface area contributed by atoms with Crippen molar-refractivity contribution in [2.75, 3.05) is 43.4 Å². The van der Waals surface area contributed by atoms with Crippen molar-refractivity contribution < 1.29 is 13.2 Å². The molecule has 0 radical (unpaired) electrons. The smallest absolute Gasteiger partial charge is 0.252 e. The fourth-order valence-electron chi connectivity index (χ4n) is 2.93. The van der Waals surface area contributed by atoms with Gasteiger partial charge >= 0.3 is 0 Å². The summed E-state index contributed by atoms with van der Waals surface area (Å²) in [5.74, 6) is 0.233. The Morgan fingerprint density at radius 3 is 2.50 bits per heavy atom. The monoisotopic (exact) mass is 442 g/mol.